The summed E-state index contributed by atoms with van der Waals surface area (Å²) in [4.78, 5) is 1.55. The molecular formula is C24H21NO4S2. The molecule has 4 aromatic carbocycles. The molecule has 0 heterocycles. The molecule has 7 heteroatoms. The Morgan fingerprint density at radius 1 is 0.903 bits per heavy atom. The van der Waals surface area contributed by atoms with Crippen molar-refractivity contribution < 1.29 is 18.3 Å². The van der Waals surface area contributed by atoms with Crippen LogP contribution in [0.3, 0.4) is 0 Å². The van der Waals surface area contributed by atoms with Crippen molar-refractivity contribution in [2.75, 3.05) is 11.3 Å². The first-order valence-corrected chi connectivity index (χ1v) is 12.0. The second kappa shape index (κ2) is 8.91. The molecule has 0 aliphatic carbocycles. The molecule has 0 fully saturated rings. The van der Waals surface area contributed by atoms with Crippen molar-refractivity contribution in [3.8, 4) is 11.5 Å². The monoisotopic (exact) mass is 451 g/mol. The lowest BCUT2D eigenvalue weighted by Crippen LogP contribution is -2.15. The van der Waals surface area contributed by atoms with Gasteiger partial charge >= 0.3 is 0 Å². The molecule has 0 saturated heterocycles. The van der Waals surface area contributed by atoms with E-state index in [0.717, 1.165) is 4.90 Å². The lowest BCUT2D eigenvalue weighted by molar-refractivity contribution is 0.331. The summed E-state index contributed by atoms with van der Waals surface area (Å²) in [7, 11) is -3.93. The van der Waals surface area contributed by atoms with E-state index in [1.807, 2.05) is 36.4 Å². The van der Waals surface area contributed by atoms with E-state index in [2.05, 4.69) is 4.72 Å². The summed E-state index contributed by atoms with van der Waals surface area (Å²) in [6, 6.07) is 24.9. The molecule has 0 aliphatic heterocycles. The summed E-state index contributed by atoms with van der Waals surface area (Å²) in [5, 5.41) is 12.0. The van der Waals surface area contributed by atoms with E-state index in [9.17, 15) is 13.5 Å². The SMILES string of the molecule is CCOc1ccccc1S(=O)(=O)Nc1cc(Sc2ccccc2)c(O)c2ccccc12. The molecule has 0 bridgehead atoms. The molecule has 158 valence electrons. The van der Waals surface area contributed by atoms with Crippen LogP contribution in [0.4, 0.5) is 5.69 Å². The number of ether oxygens (including phenoxy) is 1. The van der Waals surface area contributed by atoms with Gasteiger partial charge in [-0.15, -0.1) is 0 Å². The zero-order chi connectivity index (χ0) is 21.8. The highest BCUT2D eigenvalue weighted by molar-refractivity contribution is 7.99. The van der Waals surface area contributed by atoms with Crippen LogP contribution in [-0.2, 0) is 10.0 Å². The molecular weight excluding hydrogens is 430 g/mol. The van der Waals surface area contributed by atoms with Gasteiger partial charge in [-0.25, -0.2) is 8.42 Å². The number of phenols is 1. The molecule has 5 nitrogen and oxygen atoms in total. The maximum absolute atomic E-state index is 13.2. The third-order valence-corrected chi connectivity index (χ3v) is 7.08. The summed E-state index contributed by atoms with van der Waals surface area (Å²) in [5.41, 5.74) is 0.387. The Balaban J connectivity index is 1.81. The Labute approximate surface area is 185 Å². The number of nitrogens with one attached hydrogen (secondary N) is 1. The Kier molecular flexibility index (Phi) is 6.06. The molecule has 4 aromatic rings. The molecule has 0 aromatic heterocycles. The Hall–Kier alpha value is -3.16. The standard InChI is InChI=1S/C24H21NO4S2/c1-2-29-21-14-8-9-15-23(21)31(27,28)25-20-16-22(30-17-10-4-3-5-11-17)24(26)19-13-7-6-12-18(19)20/h3-16,25-26H,2H2,1H3. The van der Waals surface area contributed by atoms with Crippen LogP contribution >= 0.6 is 11.8 Å². The first kappa shape index (κ1) is 21.1. The van der Waals surface area contributed by atoms with E-state index < -0.39 is 10.0 Å². The molecule has 0 amide bonds. The van der Waals surface area contributed by atoms with Crippen molar-refractivity contribution in [1.29, 1.82) is 0 Å². The predicted molar refractivity (Wildman–Crippen MR) is 125 cm³/mol. The lowest BCUT2D eigenvalue weighted by Gasteiger charge is -2.16. The average Bonchev–Trinajstić information content (AvgIpc) is 2.78. The summed E-state index contributed by atoms with van der Waals surface area (Å²) in [6.45, 7) is 2.16. The van der Waals surface area contributed by atoms with Gasteiger partial charge in [-0.3, -0.25) is 4.72 Å². The fourth-order valence-corrected chi connectivity index (χ4v) is 5.41. The maximum atomic E-state index is 13.2. The number of phenolic OH excluding ortho intramolecular Hbond substituents is 1. The number of aromatic hydroxyl groups is 1. The van der Waals surface area contributed by atoms with E-state index in [-0.39, 0.29) is 10.6 Å². The topological polar surface area (TPSA) is 75.6 Å². The van der Waals surface area contributed by atoms with E-state index in [0.29, 0.717) is 33.7 Å². The minimum absolute atomic E-state index is 0.0614. The number of fused-ring (bicyclic) bond motifs is 1. The smallest absolute Gasteiger partial charge is 0.265 e. The average molecular weight is 452 g/mol. The van der Waals surface area contributed by atoms with Crippen molar-refractivity contribution >= 4 is 38.2 Å². The quantitative estimate of drug-likeness (QED) is 0.342. The molecule has 4 rings (SSSR count). The zero-order valence-electron chi connectivity index (χ0n) is 16.8. The van der Waals surface area contributed by atoms with Crippen LogP contribution in [0.1, 0.15) is 6.92 Å². The molecule has 0 unspecified atom stereocenters. The molecule has 31 heavy (non-hydrogen) atoms. The number of benzene rings is 4. The Morgan fingerprint density at radius 3 is 2.29 bits per heavy atom. The van der Waals surface area contributed by atoms with Gasteiger partial charge in [0.1, 0.15) is 16.4 Å². The van der Waals surface area contributed by atoms with Crippen molar-refractivity contribution in [3.05, 3.63) is 84.9 Å². The van der Waals surface area contributed by atoms with Gasteiger partial charge in [0.2, 0.25) is 0 Å². The number of anilines is 1. The summed E-state index contributed by atoms with van der Waals surface area (Å²) in [5.74, 6) is 0.404. The second-order valence-corrected chi connectivity index (χ2v) is 9.48. The molecule has 0 aliphatic rings. The van der Waals surface area contributed by atoms with Crippen LogP contribution in [0.25, 0.3) is 10.8 Å². The fourth-order valence-electron chi connectivity index (χ4n) is 3.26. The van der Waals surface area contributed by atoms with Crippen molar-refractivity contribution in [2.24, 2.45) is 0 Å². The van der Waals surface area contributed by atoms with Gasteiger partial charge in [0.05, 0.1) is 17.2 Å². The highest BCUT2D eigenvalue weighted by atomic mass is 32.2. The molecule has 2 N–H and O–H groups in total. The van der Waals surface area contributed by atoms with Gasteiger partial charge in [-0.1, -0.05) is 66.4 Å². The number of sulfonamides is 1. The van der Waals surface area contributed by atoms with Crippen LogP contribution in [0.15, 0.2) is 99.6 Å². The van der Waals surface area contributed by atoms with Crippen LogP contribution in [0.5, 0.6) is 11.5 Å². The number of hydrogen-bond acceptors (Lipinski definition) is 5. The first-order valence-electron chi connectivity index (χ1n) is 9.72. The van der Waals surface area contributed by atoms with Crippen LogP contribution in [0, 0.1) is 0 Å². The summed E-state index contributed by atoms with van der Waals surface area (Å²) < 4.78 is 34.7. The Morgan fingerprint density at radius 2 is 1.55 bits per heavy atom. The minimum Gasteiger partial charge on any atom is -0.506 e. The summed E-state index contributed by atoms with van der Waals surface area (Å²) in [6.07, 6.45) is 0. The minimum atomic E-state index is -3.93. The van der Waals surface area contributed by atoms with Crippen molar-refractivity contribution in [3.63, 3.8) is 0 Å². The van der Waals surface area contributed by atoms with Gasteiger partial charge < -0.3 is 9.84 Å². The van der Waals surface area contributed by atoms with Gasteiger partial charge in [0.15, 0.2) is 0 Å². The van der Waals surface area contributed by atoms with Gasteiger partial charge in [-0.2, -0.15) is 0 Å². The van der Waals surface area contributed by atoms with Gasteiger partial charge in [0.25, 0.3) is 10.0 Å². The van der Waals surface area contributed by atoms with Crippen LogP contribution < -0.4 is 9.46 Å². The third-order valence-electron chi connectivity index (χ3n) is 4.64. The number of rotatable bonds is 7. The molecule has 0 atom stereocenters. The normalized spacial score (nSPS) is 11.4. The number of para-hydroxylation sites is 1. The highest BCUT2D eigenvalue weighted by Crippen LogP contribution is 2.43. The predicted octanol–water partition coefficient (Wildman–Crippen LogP) is 5.90. The second-order valence-electron chi connectivity index (χ2n) is 6.72. The fraction of sp³-hybridized carbons (Fsp3) is 0.0833. The van der Waals surface area contributed by atoms with E-state index in [4.69, 9.17) is 4.74 Å². The van der Waals surface area contributed by atoms with Crippen LogP contribution in [-0.4, -0.2) is 20.1 Å². The van der Waals surface area contributed by atoms with Gasteiger partial charge in [-0.05, 0) is 37.3 Å². The zero-order valence-corrected chi connectivity index (χ0v) is 18.4. The van der Waals surface area contributed by atoms with Crippen molar-refractivity contribution in [2.45, 2.75) is 21.6 Å². The molecule has 0 saturated carbocycles. The van der Waals surface area contributed by atoms with Crippen molar-refractivity contribution in [1.82, 2.24) is 0 Å². The van der Waals surface area contributed by atoms with E-state index in [1.54, 1.807) is 49.4 Å². The third kappa shape index (κ3) is 4.47. The number of hydrogen-bond donors (Lipinski definition) is 2. The maximum Gasteiger partial charge on any atom is 0.265 e. The lowest BCUT2D eigenvalue weighted by atomic mass is 10.1. The largest absolute Gasteiger partial charge is 0.506 e. The van der Waals surface area contributed by atoms with Crippen LogP contribution in [0.2, 0.25) is 0 Å². The van der Waals surface area contributed by atoms with E-state index >= 15 is 0 Å². The van der Waals surface area contributed by atoms with Gasteiger partial charge in [0, 0.05) is 15.7 Å². The highest BCUT2D eigenvalue weighted by Gasteiger charge is 2.22. The van der Waals surface area contributed by atoms with E-state index in [1.165, 1.54) is 17.8 Å². The Bertz CT molecular complexity index is 1320. The molecule has 0 radical (unpaired) electrons. The first-order chi connectivity index (χ1) is 15.0. The summed E-state index contributed by atoms with van der Waals surface area (Å²) >= 11 is 1.37. The molecule has 0 spiro atoms.